The topological polar surface area (TPSA) is 58.2 Å². The molecule has 0 heterocycles. The number of amides is 2. The van der Waals surface area contributed by atoms with Gasteiger partial charge >= 0.3 is 0 Å². The van der Waals surface area contributed by atoms with Gasteiger partial charge in [-0.2, -0.15) is 0 Å². The third-order valence-corrected chi connectivity index (χ3v) is 6.02. The van der Waals surface area contributed by atoms with Crippen molar-refractivity contribution in [1.82, 2.24) is 10.6 Å². The second-order valence-corrected chi connectivity index (χ2v) is 8.36. The molecule has 2 N–H and O–H groups in total. The minimum absolute atomic E-state index is 0.0490. The van der Waals surface area contributed by atoms with Gasteiger partial charge in [0.05, 0.1) is 11.6 Å². The van der Waals surface area contributed by atoms with E-state index in [1.165, 1.54) is 25.2 Å². The lowest BCUT2D eigenvalue weighted by Gasteiger charge is -2.27. The monoisotopic (exact) mass is 458 g/mol. The van der Waals surface area contributed by atoms with Gasteiger partial charge in [-0.05, 0) is 61.9 Å². The van der Waals surface area contributed by atoms with E-state index in [4.69, 9.17) is 0 Å². The number of nitrogens with one attached hydrogen (secondary N) is 2. The van der Waals surface area contributed by atoms with E-state index in [-0.39, 0.29) is 16.7 Å². The van der Waals surface area contributed by atoms with Crippen LogP contribution in [0.1, 0.15) is 59.2 Å². The Morgan fingerprint density at radius 2 is 1.85 bits per heavy atom. The molecule has 2 aromatic rings. The van der Waals surface area contributed by atoms with E-state index in [1.807, 2.05) is 0 Å². The summed E-state index contributed by atoms with van der Waals surface area (Å²) in [6.45, 7) is 1.71. The number of aryl methyl sites for hydroxylation is 2. The number of hydrogen-bond acceptors (Lipinski definition) is 2. The van der Waals surface area contributed by atoms with Crippen molar-refractivity contribution in [3.63, 3.8) is 0 Å². The number of alkyl halides is 1. The van der Waals surface area contributed by atoms with Gasteiger partial charge in [0, 0.05) is 18.2 Å². The summed E-state index contributed by atoms with van der Waals surface area (Å²) >= 11 is 0. The van der Waals surface area contributed by atoms with E-state index >= 15 is 0 Å². The molecule has 1 aliphatic carbocycles. The Labute approximate surface area is 192 Å². The highest BCUT2D eigenvalue weighted by Crippen LogP contribution is 2.26. The maximum atomic E-state index is 14.7. The van der Waals surface area contributed by atoms with Crippen LogP contribution in [0.4, 0.5) is 13.2 Å². The first-order chi connectivity index (χ1) is 15.8. The lowest BCUT2D eigenvalue weighted by Crippen LogP contribution is -2.43. The molecule has 0 aromatic heterocycles. The third kappa shape index (κ3) is 6.03. The molecular weight excluding hydrogens is 429 g/mol. The molecule has 2 unspecified atom stereocenters. The summed E-state index contributed by atoms with van der Waals surface area (Å²) in [6, 6.07) is 8.31. The molecule has 176 valence electrons. The van der Waals surface area contributed by atoms with Crippen molar-refractivity contribution in [3.8, 4) is 0 Å². The number of rotatable bonds is 7. The van der Waals surface area contributed by atoms with Crippen molar-refractivity contribution in [2.45, 2.75) is 57.7 Å². The minimum atomic E-state index is -1.12. The molecule has 33 heavy (non-hydrogen) atoms. The van der Waals surface area contributed by atoms with E-state index in [1.54, 1.807) is 31.2 Å². The van der Waals surface area contributed by atoms with Crippen LogP contribution in [0.2, 0.25) is 0 Å². The fourth-order valence-corrected chi connectivity index (χ4v) is 4.19. The van der Waals surface area contributed by atoms with Crippen molar-refractivity contribution < 1.29 is 22.8 Å². The predicted octanol–water partition coefficient (Wildman–Crippen LogP) is 5.05. The van der Waals surface area contributed by atoms with Gasteiger partial charge in [0.1, 0.15) is 17.8 Å². The van der Waals surface area contributed by atoms with Gasteiger partial charge in [-0.15, -0.1) is 0 Å². The molecule has 1 aliphatic rings. The number of hydrogen-bond donors (Lipinski definition) is 2. The first kappa shape index (κ1) is 24.6. The number of carbonyl (C=O) groups excluding carboxylic acids is 2. The molecule has 0 saturated heterocycles. The van der Waals surface area contributed by atoms with E-state index < -0.39 is 35.7 Å². The van der Waals surface area contributed by atoms with Crippen LogP contribution in [-0.2, 0) is 11.2 Å². The van der Waals surface area contributed by atoms with Crippen molar-refractivity contribution >= 4 is 17.4 Å². The third-order valence-electron chi connectivity index (χ3n) is 6.02. The Kier molecular flexibility index (Phi) is 8.31. The highest BCUT2D eigenvalue weighted by Gasteiger charge is 2.28. The fraction of sp³-hybridized carbons (Fsp3) is 0.385. The highest BCUT2D eigenvalue weighted by molar-refractivity contribution is 6.20. The highest BCUT2D eigenvalue weighted by atomic mass is 19.1. The maximum absolute atomic E-state index is 14.7. The standard InChI is InChI=1S/C26H29F3N2O2/c1-16-7-5-11-21(28)24(16)19(26(33)31-23-12-4-3-10-20(23)27)9-6-8-17-13-14-18(22(29)15-17)25(32)30-2/h5,7,9,11,13-15,20,23H,3-4,6,8,10,12H2,1-2H3,(H,30,32)(H,31,33)/b19-9+. The average molecular weight is 459 g/mol. The Morgan fingerprint density at radius 3 is 2.52 bits per heavy atom. The predicted molar refractivity (Wildman–Crippen MR) is 123 cm³/mol. The smallest absolute Gasteiger partial charge is 0.253 e. The molecule has 0 aliphatic heterocycles. The summed E-state index contributed by atoms with van der Waals surface area (Å²) in [4.78, 5) is 24.8. The lowest BCUT2D eigenvalue weighted by molar-refractivity contribution is -0.117. The zero-order valence-electron chi connectivity index (χ0n) is 18.9. The van der Waals surface area contributed by atoms with Crippen molar-refractivity contribution in [1.29, 1.82) is 0 Å². The van der Waals surface area contributed by atoms with Crippen LogP contribution in [0.25, 0.3) is 5.57 Å². The summed E-state index contributed by atoms with van der Waals surface area (Å²) in [5.41, 5.74) is 1.51. The molecule has 2 atom stereocenters. The molecule has 7 heteroatoms. The van der Waals surface area contributed by atoms with Crippen molar-refractivity contribution in [2.75, 3.05) is 7.05 Å². The second-order valence-electron chi connectivity index (χ2n) is 8.36. The number of halogens is 3. The van der Waals surface area contributed by atoms with E-state index in [0.717, 1.165) is 12.8 Å². The second kappa shape index (κ2) is 11.2. The van der Waals surface area contributed by atoms with Gasteiger partial charge in [-0.3, -0.25) is 9.59 Å². The van der Waals surface area contributed by atoms with Crippen molar-refractivity contribution in [3.05, 3.63) is 76.4 Å². The maximum Gasteiger partial charge on any atom is 0.253 e. The Balaban J connectivity index is 1.82. The Morgan fingerprint density at radius 1 is 1.09 bits per heavy atom. The van der Waals surface area contributed by atoms with Gasteiger partial charge in [-0.25, -0.2) is 13.2 Å². The SMILES string of the molecule is CNC(=O)c1ccc(CC/C=C(/C(=O)NC2CCCCC2F)c2c(C)cccc2F)cc1F. The normalized spacial score (nSPS) is 18.6. The van der Waals surface area contributed by atoms with E-state index in [2.05, 4.69) is 10.6 Å². The molecule has 2 aromatic carbocycles. The molecule has 0 radical (unpaired) electrons. The summed E-state index contributed by atoms with van der Waals surface area (Å²) in [5.74, 6) is -2.19. The van der Waals surface area contributed by atoms with Crippen LogP contribution >= 0.6 is 0 Å². The Hall–Kier alpha value is -3.09. The number of allylic oxidation sites excluding steroid dienone is 1. The van der Waals surface area contributed by atoms with Crippen LogP contribution in [0, 0.1) is 18.6 Å². The summed E-state index contributed by atoms with van der Waals surface area (Å²) in [6.07, 6.45) is 3.78. The molecule has 1 saturated carbocycles. The van der Waals surface area contributed by atoms with Crippen LogP contribution in [0.15, 0.2) is 42.5 Å². The molecule has 4 nitrogen and oxygen atoms in total. The van der Waals surface area contributed by atoms with E-state index in [0.29, 0.717) is 36.8 Å². The van der Waals surface area contributed by atoms with Gasteiger partial charge < -0.3 is 10.6 Å². The molecule has 2 amide bonds. The van der Waals surface area contributed by atoms with Gasteiger partial charge in [0.15, 0.2) is 0 Å². The molecular formula is C26H29F3N2O2. The summed E-state index contributed by atoms with van der Waals surface area (Å²) in [5, 5.41) is 5.13. The van der Waals surface area contributed by atoms with Crippen LogP contribution < -0.4 is 10.6 Å². The Bertz CT molecular complexity index is 1030. The van der Waals surface area contributed by atoms with Crippen LogP contribution in [0.3, 0.4) is 0 Å². The summed E-state index contributed by atoms with van der Waals surface area (Å²) in [7, 11) is 1.43. The molecule has 0 spiro atoms. The average Bonchev–Trinajstić information content (AvgIpc) is 2.79. The first-order valence-corrected chi connectivity index (χ1v) is 11.2. The zero-order chi connectivity index (χ0) is 24.0. The largest absolute Gasteiger partial charge is 0.355 e. The number of benzene rings is 2. The summed E-state index contributed by atoms with van der Waals surface area (Å²) < 4.78 is 43.2. The van der Waals surface area contributed by atoms with Gasteiger partial charge in [0.2, 0.25) is 0 Å². The molecule has 1 fully saturated rings. The molecule has 0 bridgehead atoms. The van der Waals surface area contributed by atoms with Crippen molar-refractivity contribution in [2.24, 2.45) is 0 Å². The molecule has 3 rings (SSSR count). The number of carbonyl (C=O) groups is 2. The van der Waals surface area contributed by atoms with Gasteiger partial charge in [0.25, 0.3) is 11.8 Å². The zero-order valence-corrected chi connectivity index (χ0v) is 18.9. The van der Waals surface area contributed by atoms with E-state index in [9.17, 15) is 22.8 Å². The van der Waals surface area contributed by atoms with Crippen LogP contribution in [-0.4, -0.2) is 31.1 Å². The van der Waals surface area contributed by atoms with Crippen LogP contribution in [0.5, 0.6) is 0 Å². The first-order valence-electron chi connectivity index (χ1n) is 11.2. The fourth-order valence-electron chi connectivity index (χ4n) is 4.19. The van der Waals surface area contributed by atoms with Gasteiger partial charge in [-0.1, -0.05) is 37.1 Å². The lowest BCUT2D eigenvalue weighted by atomic mass is 9.92. The quantitative estimate of drug-likeness (QED) is 0.571. The minimum Gasteiger partial charge on any atom is -0.355 e.